The van der Waals surface area contributed by atoms with Crippen molar-refractivity contribution in [3.8, 4) is 0 Å². The fraction of sp³-hybridized carbons (Fsp3) is 0.667. The Hall–Kier alpha value is -0.600. The topological polar surface area (TPSA) is 20.2 Å². The maximum absolute atomic E-state index is 13.9. The van der Waals surface area contributed by atoms with Crippen molar-refractivity contribution in [2.45, 2.75) is 44.6 Å². The van der Waals surface area contributed by atoms with Crippen LogP contribution in [0.3, 0.4) is 0 Å². The highest BCUT2D eigenvalue weighted by Crippen LogP contribution is 2.57. The highest BCUT2D eigenvalue weighted by Gasteiger charge is 2.50. The number of rotatable bonds is 3. The number of aliphatic hydroxyl groups excluding tert-OH is 1. The summed E-state index contributed by atoms with van der Waals surface area (Å²) in [5, 5.41) is 11.1. The van der Waals surface area contributed by atoms with Crippen molar-refractivity contribution in [1.29, 1.82) is 0 Å². The van der Waals surface area contributed by atoms with Crippen molar-refractivity contribution in [2.75, 3.05) is 0 Å². The molecule has 4 aliphatic carbocycles. The molecule has 0 heterocycles. The fourth-order valence-corrected chi connectivity index (χ4v) is 5.80. The Morgan fingerprint density at radius 1 is 1.10 bits per heavy atom. The third kappa shape index (κ3) is 2.51. The molecule has 1 aromatic rings. The molecule has 1 atom stereocenters. The lowest BCUT2D eigenvalue weighted by Gasteiger charge is -2.55. The van der Waals surface area contributed by atoms with Crippen LogP contribution in [-0.2, 0) is 6.42 Å². The Kier molecular flexibility index (Phi) is 3.50. The Morgan fingerprint density at radius 3 is 2.29 bits per heavy atom. The minimum Gasteiger partial charge on any atom is -0.392 e. The van der Waals surface area contributed by atoms with Crippen molar-refractivity contribution in [3.05, 3.63) is 34.6 Å². The van der Waals surface area contributed by atoms with Crippen molar-refractivity contribution < 1.29 is 9.50 Å². The van der Waals surface area contributed by atoms with E-state index < -0.39 is 6.10 Å². The van der Waals surface area contributed by atoms with Gasteiger partial charge in [0, 0.05) is 11.4 Å². The molecule has 21 heavy (non-hydrogen) atoms. The van der Waals surface area contributed by atoms with Gasteiger partial charge >= 0.3 is 0 Å². The van der Waals surface area contributed by atoms with Crippen LogP contribution in [0.5, 0.6) is 0 Å². The van der Waals surface area contributed by atoms with Gasteiger partial charge in [0.15, 0.2) is 0 Å². The van der Waals surface area contributed by atoms with Gasteiger partial charge in [-0.25, -0.2) is 4.39 Å². The first kappa shape index (κ1) is 14.0. The highest BCUT2D eigenvalue weighted by atomic mass is 35.5. The zero-order valence-corrected chi connectivity index (χ0v) is 12.9. The van der Waals surface area contributed by atoms with E-state index in [0.717, 1.165) is 11.8 Å². The number of aliphatic hydroxyl groups is 1. The van der Waals surface area contributed by atoms with Crippen molar-refractivity contribution in [3.63, 3.8) is 0 Å². The monoisotopic (exact) mass is 308 g/mol. The van der Waals surface area contributed by atoms with Crippen LogP contribution in [0.2, 0.25) is 5.02 Å². The van der Waals surface area contributed by atoms with Gasteiger partial charge in [-0.15, -0.1) is 0 Å². The minimum atomic E-state index is -0.407. The van der Waals surface area contributed by atoms with Crippen LogP contribution in [0.25, 0.3) is 0 Å². The zero-order chi connectivity index (χ0) is 14.6. The quantitative estimate of drug-likeness (QED) is 0.874. The summed E-state index contributed by atoms with van der Waals surface area (Å²) in [5.41, 5.74) is 0.598. The standard InChI is InChI=1S/C18H22ClFO/c19-15-2-1-12(16(20)9-15)8-17(21)18-13-4-10-3-11(6-13)7-14(18)5-10/h1-2,9-11,13-14,17-18,21H,3-8H2. The molecule has 114 valence electrons. The van der Waals surface area contributed by atoms with Crippen LogP contribution >= 0.6 is 11.6 Å². The van der Waals surface area contributed by atoms with Crippen LogP contribution in [0.15, 0.2) is 18.2 Å². The van der Waals surface area contributed by atoms with Gasteiger partial charge in [-0.1, -0.05) is 17.7 Å². The third-order valence-corrected chi connectivity index (χ3v) is 6.42. The summed E-state index contributed by atoms with van der Waals surface area (Å²) in [7, 11) is 0. The normalized spacial score (nSPS) is 38.7. The smallest absolute Gasteiger partial charge is 0.127 e. The van der Waals surface area contributed by atoms with Gasteiger partial charge in [0.2, 0.25) is 0 Å². The molecular formula is C18H22ClFO. The second-order valence-corrected chi connectivity index (χ2v) is 7.95. The molecule has 0 aromatic heterocycles. The molecule has 0 amide bonds. The maximum atomic E-state index is 13.9. The predicted octanol–water partition coefficient (Wildman–Crippen LogP) is 4.45. The second-order valence-electron chi connectivity index (χ2n) is 7.52. The lowest BCUT2D eigenvalue weighted by molar-refractivity contribution is -0.0889. The first-order chi connectivity index (χ1) is 10.1. The van der Waals surface area contributed by atoms with Gasteiger partial charge < -0.3 is 5.11 Å². The second kappa shape index (κ2) is 5.24. The molecule has 1 aromatic carbocycles. The number of hydrogen-bond acceptors (Lipinski definition) is 1. The van der Waals surface area contributed by atoms with Crippen LogP contribution in [0.4, 0.5) is 4.39 Å². The maximum Gasteiger partial charge on any atom is 0.127 e. The fourth-order valence-electron chi connectivity index (χ4n) is 5.64. The van der Waals surface area contributed by atoms with Gasteiger partial charge in [-0.2, -0.15) is 0 Å². The van der Waals surface area contributed by atoms with Crippen molar-refractivity contribution >= 4 is 11.6 Å². The van der Waals surface area contributed by atoms with E-state index in [0.29, 0.717) is 34.8 Å². The predicted molar refractivity (Wildman–Crippen MR) is 81.7 cm³/mol. The Morgan fingerprint density at radius 2 is 1.71 bits per heavy atom. The van der Waals surface area contributed by atoms with Gasteiger partial charge in [0.1, 0.15) is 5.82 Å². The highest BCUT2D eigenvalue weighted by molar-refractivity contribution is 6.30. The third-order valence-electron chi connectivity index (χ3n) is 6.19. The van der Waals surface area contributed by atoms with E-state index in [9.17, 15) is 9.50 Å². The molecule has 5 rings (SSSR count). The minimum absolute atomic E-state index is 0.287. The molecular weight excluding hydrogens is 287 g/mol. The number of halogens is 2. The molecule has 4 aliphatic rings. The summed E-state index contributed by atoms with van der Waals surface area (Å²) in [5.74, 6) is 3.25. The first-order valence-electron chi connectivity index (χ1n) is 8.22. The van der Waals surface area contributed by atoms with E-state index in [1.54, 1.807) is 12.1 Å². The lowest BCUT2D eigenvalue weighted by Crippen LogP contribution is -2.49. The summed E-state index contributed by atoms with van der Waals surface area (Å²) in [6.45, 7) is 0. The molecule has 0 spiro atoms. The van der Waals surface area contributed by atoms with E-state index in [4.69, 9.17) is 11.6 Å². The summed E-state index contributed by atoms with van der Waals surface area (Å²) in [4.78, 5) is 0. The van der Waals surface area contributed by atoms with E-state index in [1.165, 1.54) is 38.2 Å². The molecule has 0 saturated heterocycles. The average molecular weight is 309 g/mol. The molecule has 4 bridgehead atoms. The summed E-state index contributed by atoms with van der Waals surface area (Å²) >= 11 is 5.80. The molecule has 1 unspecified atom stereocenters. The van der Waals surface area contributed by atoms with E-state index in [-0.39, 0.29) is 5.82 Å². The molecule has 0 radical (unpaired) electrons. The van der Waals surface area contributed by atoms with Gasteiger partial charge in [-0.3, -0.25) is 0 Å². The average Bonchev–Trinajstić information content (AvgIpc) is 2.40. The first-order valence-corrected chi connectivity index (χ1v) is 8.60. The number of benzene rings is 1. The molecule has 4 fully saturated rings. The Labute approximate surface area is 130 Å². The van der Waals surface area contributed by atoms with Gasteiger partial charge in [0.05, 0.1) is 6.10 Å². The molecule has 0 aliphatic heterocycles. The van der Waals surface area contributed by atoms with E-state index >= 15 is 0 Å². The zero-order valence-electron chi connectivity index (χ0n) is 12.1. The van der Waals surface area contributed by atoms with Gasteiger partial charge in [-0.05, 0) is 79.4 Å². The molecule has 4 saturated carbocycles. The van der Waals surface area contributed by atoms with Gasteiger partial charge in [0.25, 0.3) is 0 Å². The van der Waals surface area contributed by atoms with Crippen LogP contribution in [0.1, 0.15) is 37.7 Å². The van der Waals surface area contributed by atoms with Crippen molar-refractivity contribution in [1.82, 2.24) is 0 Å². The SMILES string of the molecule is OC(Cc1ccc(Cl)cc1F)C1C2CC3CC(C2)CC1C3. The Bertz CT molecular complexity index is 516. The molecule has 1 nitrogen and oxygen atoms in total. The van der Waals surface area contributed by atoms with Crippen LogP contribution in [-0.4, -0.2) is 11.2 Å². The van der Waals surface area contributed by atoms with Crippen LogP contribution in [0, 0.1) is 35.4 Å². The van der Waals surface area contributed by atoms with E-state index in [1.807, 2.05) is 0 Å². The lowest BCUT2D eigenvalue weighted by atomic mass is 9.50. The number of hydrogen-bond donors (Lipinski definition) is 1. The summed E-state index contributed by atoms with van der Waals surface area (Å²) in [6.07, 6.45) is 6.60. The summed E-state index contributed by atoms with van der Waals surface area (Å²) in [6, 6.07) is 4.78. The molecule has 1 N–H and O–H groups in total. The Balaban J connectivity index is 1.51. The van der Waals surface area contributed by atoms with Crippen molar-refractivity contribution in [2.24, 2.45) is 29.6 Å². The summed E-state index contributed by atoms with van der Waals surface area (Å²) < 4.78 is 13.9. The largest absolute Gasteiger partial charge is 0.392 e. The van der Waals surface area contributed by atoms with Crippen LogP contribution < -0.4 is 0 Å². The molecule has 3 heteroatoms. The van der Waals surface area contributed by atoms with E-state index in [2.05, 4.69) is 0 Å².